The van der Waals surface area contributed by atoms with Crippen LogP contribution in [0.3, 0.4) is 0 Å². The van der Waals surface area contributed by atoms with Crippen LogP contribution in [0.4, 0.5) is 4.79 Å². The third kappa shape index (κ3) is 6.09. The molecule has 0 aromatic rings. The van der Waals surface area contributed by atoms with Gasteiger partial charge >= 0.3 is 6.09 Å². The summed E-state index contributed by atoms with van der Waals surface area (Å²) in [4.78, 5) is 14.1. The van der Waals surface area contributed by atoms with Gasteiger partial charge in [0.25, 0.3) is 0 Å². The Morgan fingerprint density at radius 1 is 1.30 bits per heavy atom. The van der Waals surface area contributed by atoms with E-state index in [1.54, 1.807) is 4.90 Å². The largest absolute Gasteiger partial charge is 0.444 e. The van der Waals surface area contributed by atoms with Gasteiger partial charge in [-0.3, -0.25) is 0 Å². The van der Waals surface area contributed by atoms with E-state index in [0.717, 1.165) is 26.2 Å². The van der Waals surface area contributed by atoms with E-state index in [4.69, 9.17) is 9.47 Å². The highest BCUT2D eigenvalue weighted by Gasteiger charge is 2.30. The highest BCUT2D eigenvalue weighted by molar-refractivity contribution is 5.69. The summed E-state index contributed by atoms with van der Waals surface area (Å²) in [5.41, 5.74) is -0.719. The Labute approximate surface area is 123 Å². The van der Waals surface area contributed by atoms with Gasteiger partial charge in [-0.1, -0.05) is 0 Å². The molecule has 1 aliphatic rings. The van der Waals surface area contributed by atoms with Crippen molar-refractivity contribution in [3.63, 3.8) is 0 Å². The van der Waals surface area contributed by atoms with Crippen LogP contribution in [0, 0.1) is 0 Å². The van der Waals surface area contributed by atoms with Crippen LogP contribution in [0.5, 0.6) is 0 Å². The van der Waals surface area contributed by atoms with Gasteiger partial charge in [-0.2, -0.15) is 0 Å². The quantitative estimate of drug-likeness (QED) is 0.862. The van der Waals surface area contributed by atoms with Crippen LogP contribution in [0.2, 0.25) is 0 Å². The normalized spacial score (nSPS) is 20.0. The fraction of sp³-hybridized carbons (Fsp3) is 0.933. The molecule has 5 heteroatoms. The maximum absolute atomic E-state index is 12.3. The summed E-state index contributed by atoms with van der Waals surface area (Å²) in [5.74, 6) is 0. The molecule has 0 aromatic carbocycles. The van der Waals surface area contributed by atoms with Crippen LogP contribution in [-0.4, -0.2) is 54.5 Å². The molecule has 1 heterocycles. The molecule has 1 fully saturated rings. The maximum atomic E-state index is 12.3. The molecule has 1 amide bonds. The van der Waals surface area contributed by atoms with Gasteiger partial charge in [-0.15, -0.1) is 0 Å². The standard InChI is InChI=1S/C15H30N2O3/c1-14(2,3)17(13(18)20-15(4,5)6)9-8-16-12-7-10-19-11-12/h12,16H,7-11H2,1-6H3. The molecule has 5 nitrogen and oxygen atoms in total. The average molecular weight is 286 g/mol. The summed E-state index contributed by atoms with van der Waals surface area (Å²) in [7, 11) is 0. The number of carbonyl (C=O) groups excluding carboxylic acids is 1. The first-order chi connectivity index (χ1) is 9.09. The van der Waals surface area contributed by atoms with Crippen molar-refractivity contribution in [2.75, 3.05) is 26.3 Å². The zero-order valence-electron chi connectivity index (χ0n) is 13.8. The Balaban J connectivity index is 2.49. The molecule has 1 N–H and O–H groups in total. The summed E-state index contributed by atoms with van der Waals surface area (Å²) >= 11 is 0. The molecule has 1 saturated heterocycles. The number of rotatable bonds is 4. The van der Waals surface area contributed by atoms with E-state index in [9.17, 15) is 4.79 Å². The van der Waals surface area contributed by atoms with Crippen LogP contribution >= 0.6 is 0 Å². The first kappa shape index (κ1) is 17.2. The van der Waals surface area contributed by atoms with Crippen molar-refractivity contribution in [1.29, 1.82) is 0 Å². The Kier molecular flexibility index (Phi) is 5.83. The lowest BCUT2D eigenvalue weighted by molar-refractivity contribution is 0.00646. The van der Waals surface area contributed by atoms with E-state index in [1.807, 2.05) is 41.5 Å². The molecule has 0 aromatic heterocycles. The Morgan fingerprint density at radius 2 is 1.95 bits per heavy atom. The first-order valence-corrected chi connectivity index (χ1v) is 7.41. The molecular weight excluding hydrogens is 256 g/mol. The Bertz CT molecular complexity index is 312. The molecule has 0 radical (unpaired) electrons. The van der Waals surface area contributed by atoms with Crippen LogP contribution in [-0.2, 0) is 9.47 Å². The molecule has 1 unspecified atom stereocenters. The van der Waals surface area contributed by atoms with E-state index < -0.39 is 5.60 Å². The average Bonchev–Trinajstić information content (AvgIpc) is 2.72. The highest BCUT2D eigenvalue weighted by atomic mass is 16.6. The van der Waals surface area contributed by atoms with Crippen LogP contribution in [0.15, 0.2) is 0 Å². The molecule has 1 atom stereocenters. The van der Waals surface area contributed by atoms with Gasteiger partial charge in [0, 0.05) is 31.3 Å². The van der Waals surface area contributed by atoms with E-state index in [2.05, 4.69) is 5.32 Å². The molecular formula is C15H30N2O3. The molecule has 20 heavy (non-hydrogen) atoms. The van der Waals surface area contributed by atoms with Crippen molar-refractivity contribution >= 4 is 6.09 Å². The molecule has 0 bridgehead atoms. The molecule has 1 rings (SSSR count). The smallest absolute Gasteiger partial charge is 0.410 e. The number of carbonyl (C=O) groups is 1. The first-order valence-electron chi connectivity index (χ1n) is 7.41. The van der Waals surface area contributed by atoms with Gasteiger partial charge in [-0.25, -0.2) is 4.79 Å². The van der Waals surface area contributed by atoms with Gasteiger partial charge < -0.3 is 19.7 Å². The topological polar surface area (TPSA) is 50.8 Å². The Morgan fingerprint density at radius 3 is 2.40 bits per heavy atom. The zero-order chi connectivity index (χ0) is 15.4. The number of nitrogens with zero attached hydrogens (tertiary/aromatic N) is 1. The minimum atomic E-state index is -0.465. The van der Waals surface area contributed by atoms with Crippen molar-refractivity contribution in [2.24, 2.45) is 0 Å². The second kappa shape index (κ2) is 6.76. The number of hydrogen-bond donors (Lipinski definition) is 1. The van der Waals surface area contributed by atoms with Crippen molar-refractivity contribution < 1.29 is 14.3 Å². The third-order valence-corrected chi connectivity index (χ3v) is 3.12. The van der Waals surface area contributed by atoms with Crippen LogP contribution in [0.1, 0.15) is 48.0 Å². The zero-order valence-corrected chi connectivity index (χ0v) is 13.8. The van der Waals surface area contributed by atoms with Crippen molar-refractivity contribution in [1.82, 2.24) is 10.2 Å². The number of hydrogen-bond acceptors (Lipinski definition) is 4. The molecule has 0 spiro atoms. The second-order valence-corrected chi connectivity index (χ2v) is 7.32. The van der Waals surface area contributed by atoms with E-state index in [1.165, 1.54) is 0 Å². The fourth-order valence-corrected chi connectivity index (χ4v) is 2.09. The number of nitrogens with one attached hydrogen (secondary N) is 1. The van der Waals surface area contributed by atoms with Crippen LogP contribution in [0.25, 0.3) is 0 Å². The van der Waals surface area contributed by atoms with Gasteiger partial charge in [0.1, 0.15) is 5.60 Å². The molecule has 118 valence electrons. The predicted molar refractivity (Wildman–Crippen MR) is 79.9 cm³/mol. The minimum Gasteiger partial charge on any atom is -0.444 e. The fourth-order valence-electron chi connectivity index (χ4n) is 2.09. The third-order valence-electron chi connectivity index (χ3n) is 3.12. The van der Waals surface area contributed by atoms with Crippen molar-refractivity contribution in [3.8, 4) is 0 Å². The van der Waals surface area contributed by atoms with Crippen LogP contribution < -0.4 is 5.32 Å². The van der Waals surface area contributed by atoms with Crippen molar-refractivity contribution in [3.05, 3.63) is 0 Å². The summed E-state index contributed by atoms with van der Waals surface area (Å²) in [5, 5.41) is 3.43. The monoisotopic (exact) mass is 286 g/mol. The van der Waals surface area contributed by atoms with E-state index in [0.29, 0.717) is 12.6 Å². The maximum Gasteiger partial charge on any atom is 0.410 e. The predicted octanol–water partition coefficient (Wildman–Crippen LogP) is 2.40. The Hall–Kier alpha value is -0.810. The second-order valence-electron chi connectivity index (χ2n) is 7.32. The number of amides is 1. The molecule has 1 aliphatic heterocycles. The highest BCUT2D eigenvalue weighted by Crippen LogP contribution is 2.18. The van der Waals surface area contributed by atoms with Crippen molar-refractivity contribution in [2.45, 2.75) is 65.1 Å². The lowest BCUT2D eigenvalue weighted by Gasteiger charge is -2.37. The lowest BCUT2D eigenvalue weighted by atomic mass is 10.1. The summed E-state index contributed by atoms with van der Waals surface area (Å²) in [6, 6.07) is 0.412. The summed E-state index contributed by atoms with van der Waals surface area (Å²) in [6.45, 7) is 14.7. The van der Waals surface area contributed by atoms with Gasteiger partial charge in [0.15, 0.2) is 0 Å². The summed E-state index contributed by atoms with van der Waals surface area (Å²) < 4.78 is 10.8. The summed E-state index contributed by atoms with van der Waals surface area (Å²) in [6.07, 6.45) is 0.788. The molecule has 0 saturated carbocycles. The number of ether oxygens (including phenoxy) is 2. The van der Waals surface area contributed by atoms with Gasteiger partial charge in [-0.05, 0) is 48.0 Å². The lowest BCUT2D eigenvalue weighted by Crippen LogP contribution is -2.51. The molecule has 0 aliphatic carbocycles. The minimum absolute atomic E-state index is 0.254. The van der Waals surface area contributed by atoms with E-state index >= 15 is 0 Å². The SMILES string of the molecule is CC(C)(C)OC(=O)N(CCNC1CCOC1)C(C)(C)C. The van der Waals surface area contributed by atoms with Gasteiger partial charge in [0.2, 0.25) is 0 Å². The van der Waals surface area contributed by atoms with Gasteiger partial charge in [0.05, 0.1) is 6.61 Å². The van der Waals surface area contributed by atoms with E-state index in [-0.39, 0.29) is 11.6 Å².